The molecule has 1 saturated carbocycles. The summed E-state index contributed by atoms with van der Waals surface area (Å²) in [4.78, 5) is 32.4. The van der Waals surface area contributed by atoms with Crippen LogP contribution in [0.1, 0.15) is 24.8 Å². The Balaban J connectivity index is 1.56. The van der Waals surface area contributed by atoms with Crippen molar-refractivity contribution in [2.75, 3.05) is 12.4 Å². The van der Waals surface area contributed by atoms with Gasteiger partial charge in [0.05, 0.1) is 19.7 Å². The number of benzene rings is 1. The second-order valence-corrected chi connectivity index (χ2v) is 7.09. The first-order chi connectivity index (χ1) is 14.6. The zero-order chi connectivity index (χ0) is 20.7. The van der Waals surface area contributed by atoms with Crippen LogP contribution in [-0.4, -0.2) is 44.5 Å². The molecule has 0 atom stereocenters. The third-order valence-electron chi connectivity index (χ3n) is 4.76. The van der Waals surface area contributed by atoms with Gasteiger partial charge in [-0.15, -0.1) is 0 Å². The molecular weight excluding hydrogens is 388 g/mol. The van der Waals surface area contributed by atoms with E-state index < -0.39 is 5.91 Å². The van der Waals surface area contributed by atoms with Crippen LogP contribution in [0.4, 0.5) is 5.95 Å². The first-order valence-corrected chi connectivity index (χ1v) is 9.48. The Kier molecular flexibility index (Phi) is 4.31. The van der Waals surface area contributed by atoms with E-state index in [9.17, 15) is 9.59 Å². The van der Waals surface area contributed by atoms with E-state index in [-0.39, 0.29) is 18.3 Å². The molecule has 152 valence electrons. The Morgan fingerprint density at radius 2 is 2.07 bits per heavy atom. The lowest BCUT2D eigenvalue weighted by Gasteiger charge is -2.10. The number of carbonyl (C=O) groups excluding carboxylic acids is 2. The van der Waals surface area contributed by atoms with Crippen molar-refractivity contribution in [3.05, 3.63) is 41.6 Å². The molecule has 2 aliphatic rings. The lowest BCUT2D eigenvalue weighted by molar-refractivity contribution is -0.124. The Hall–Kier alpha value is -3.95. The fraction of sp³-hybridized carbons (Fsp3) is 0.250. The van der Waals surface area contributed by atoms with Crippen LogP contribution in [0.25, 0.3) is 11.7 Å². The van der Waals surface area contributed by atoms with Crippen molar-refractivity contribution in [2.24, 2.45) is 0 Å². The van der Waals surface area contributed by atoms with E-state index in [1.165, 1.54) is 0 Å². The van der Waals surface area contributed by atoms with E-state index in [0.717, 1.165) is 12.8 Å². The molecule has 5 rings (SSSR count). The summed E-state index contributed by atoms with van der Waals surface area (Å²) in [5, 5.41) is 9.95. The zero-order valence-corrected chi connectivity index (χ0v) is 16.1. The van der Waals surface area contributed by atoms with E-state index in [1.54, 1.807) is 42.1 Å². The van der Waals surface area contributed by atoms with Crippen LogP contribution in [0.3, 0.4) is 0 Å². The minimum absolute atomic E-state index is 0.0294. The van der Waals surface area contributed by atoms with Crippen molar-refractivity contribution >= 4 is 29.5 Å². The highest BCUT2D eigenvalue weighted by atomic mass is 16.5. The Labute approximate surface area is 170 Å². The summed E-state index contributed by atoms with van der Waals surface area (Å²) in [6.45, 7) is 0. The van der Waals surface area contributed by atoms with E-state index in [4.69, 9.17) is 9.47 Å². The molecule has 2 fully saturated rings. The molecule has 1 aliphatic heterocycles. The van der Waals surface area contributed by atoms with Crippen molar-refractivity contribution in [2.45, 2.75) is 25.3 Å². The van der Waals surface area contributed by atoms with Gasteiger partial charge in [0.15, 0.2) is 5.65 Å². The number of nitrogens with one attached hydrogen (secondary N) is 2. The number of nitrogens with zero attached hydrogens (tertiary/aromatic N) is 4. The summed E-state index contributed by atoms with van der Waals surface area (Å²) in [7, 11) is 1.58. The molecule has 1 aromatic carbocycles. The van der Waals surface area contributed by atoms with E-state index in [0.29, 0.717) is 40.3 Å². The number of aromatic nitrogens is 4. The number of rotatable bonds is 6. The molecule has 2 amide bonds. The average molecular weight is 406 g/mol. The summed E-state index contributed by atoms with van der Waals surface area (Å²) in [5.74, 6) is 0.943. The third-order valence-corrected chi connectivity index (χ3v) is 4.76. The second-order valence-electron chi connectivity index (χ2n) is 7.09. The van der Waals surface area contributed by atoms with Crippen LogP contribution >= 0.6 is 0 Å². The van der Waals surface area contributed by atoms with Crippen LogP contribution in [0, 0.1) is 0 Å². The molecule has 3 heterocycles. The largest absolute Gasteiger partial charge is 0.497 e. The highest BCUT2D eigenvalue weighted by Crippen LogP contribution is 2.28. The van der Waals surface area contributed by atoms with Gasteiger partial charge in [-0.1, -0.05) is 6.07 Å². The first-order valence-electron chi connectivity index (χ1n) is 9.48. The number of ether oxygens (including phenoxy) is 2. The highest BCUT2D eigenvalue weighted by molar-refractivity contribution is 6.15. The van der Waals surface area contributed by atoms with Crippen molar-refractivity contribution in [1.82, 2.24) is 24.9 Å². The van der Waals surface area contributed by atoms with Crippen LogP contribution in [0.5, 0.6) is 17.5 Å². The van der Waals surface area contributed by atoms with Crippen molar-refractivity contribution in [3.8, 4) is 17.5 Å². The van der Waals surface area contributed by atoms with Gasteiger partial charge >= 0.3 is 6.01 Å². The van der Waals surface area contributed by atoms with Gasteiger partial charge in [0.2, 0.25) is 11.9 Å². The molecule has 0 bridgehead atoms. The molecule has 0 unspecified atom stereocenters. The van der Waals surface area contributed by atoms with E-state index >= 15 is 0 Å². The monoisotopic (exact) mass is 406 g/mol. The summed E-state index contributed by atoms with van der Waals surface area (Å²) in [6.07, 6.45) is 5.34. The molecule has 0 radical (unpaired) electrons. The predicted octanol–water partition coefficient (Wildman–Crippen LogP) is 1.93. The molecule has 0 spiro atoms. The summed E-state index contributed by atoms with van der Waals surface area (Å²) >= 11 is 0. The van der Waals surface area contributed by atoms with Crippen molar-refractivity contribution < 1.29 is 19.1 Å². The predicted molar refractivity (Wildman–Crippen MR) is 106 cm³/mol. The van der Waals surface area contributed by atoms with Gasteiger partial charge in [-0.25, -0.2) is 0 Å². The summed E-state index contributed by atoms with van der Waals surface area (Å²) in [5.41, 5.74) is 1.41. The number of imide groups is 1. The summed E-state index contributed by atoms with van der Waals surface area (Å²) in [6, 6.07) is 7.59. The SMILES string of the molecule is COc1cccc(Oc2nc(NC3CC3)n3ncc(/C=C4\CC(=O)NC4=O)c3n2)c1. The van der Waals surface area contributed by atoms with Crippen LogP contribution in [0.2, 0.25) is 0 Å². The van der Waals surface area contributed by atoms with Gasteiger partial charge in [0.25, 0.3) is 5.91 Å². The lowest BCUT2D eigenvalue weighted by atomic mass is 10.1. The smallest absolute Gasteiger partial charge is 0.327 e. The fourth-order valence-corrected chi connectivity index (χ4v) is 3.10. The quantitative estimate of drug-likeness (QED) is 0.471. The standard InChI is InChI=1S/C20H18N6O4/c1-29-14-3-2-4-15(9-14)30-20-24-17-12(7-11-8-16(27)23-18(11)28)10-21-26(17)19(25-20)22-13-5-6-13/h2-4,7,9-10,13H,5-6,8H2,1H3,(H,22,24,25)(H,23,27,28)/b11-7+. The molecule has 10 nitrogen and oxygen atoms in total. The second kappa shape index (κ2) is 7.14. The van der Waals surface area contributed by atoms with Gasteiger partial charge in [-0.3, -0.25) is 14.9 Å². The highest BCUT2D eigenvalue weighted by Gasteiger charge is 2.26. The molecule has 1 saturated heterocycles. The fourth-order valence-electron chi connectivity index (χ4n) is 3.10. The van der Waals surface area contributed by atoms with Gasteiger partial charge in [-0.05, 0) is 31.1 Å². The molecule has 3 aromatic rings. The average Bonchev–Trinajstić information content (AvgIpc) is 3.37. The van der Waals surface area contributed by atoms with Crippen LogP contribution in [0.15, 0.2) is 36.0 Å². The summed E-state index contributed by atoms with van der Waals surface area (Å²) < 4.78 is 12.7. The van der Waals surface area contributed by atoms with Crippen molar-refractivity contribution in [1.29, 1.82) is 0 Å². The molecule has 10 heteroatoms. The molecular formula is C20H18N6O4. The maximum atomic E-state index is 11.9. The first kappa shape index (κ1) is 18.1. The maximum Gasteiger partial charge on any atom is 0.327 e. The van der Waals surface area contributed by atoms with E-state index in [2.05, 4.69) is 25.7 Å². The van der Waals surface area contributed by atoms with E-state index in [1.807, 2.05) is 6.07 Å². The van der Waals surface area contributed by atoms with Gasteiger partial charge < -0.3 is 14.8 Å². The number of carbonyl (C=O) groups is 2. The van der Waals surface area contributed by atoms with Gasteiger partial charge in [0, 0.05) is 23.2 Å². The minimum atomic E-state index is -0.405. The third kappa shape index (κ3) is 3.54. The topological polar surface area (TPSA) is 120 Å². The number of amides is 2. The maximum absolute atomic E-state index is 11.9. The Morgan fingerprint density at radius 3 is 2.80 bits per heavy atom. The van der Waals surface area contributed by atoms with Crippen LogP contribution in [-0.2, 0) is 9.59 Å². The molecule has 1 aliphatic carbocycles. The number of hydrogen-bond acceptors (Lipinski definition) is 8. The number of hydrogen-bond donors (Lipinski definition) is 2. The number of methoxy groups -OCH3 is 1. The lowest BCUT2D eigenvalue weighted by Crippen LogP contribution is -2.19. The van der Waals surface area contributed by atoms with Gasteiger partial charge in [0.1, 0.15) is 11.5 Å². The molecule has 2 aromatic heterocycles. The van der Waals surface area contributed by atoms with Crippen LogP contribution < -0.4 is 20.1 Å². The Morgan fingerprint density at radius 1 is 1.23 bits per heavy atom. The zero-order valence-electron chi connectivity index (χ0n) is 16.1. The molecule has 30 heavy (non-hydrogen) atoms. The Bertz CT molecular complexity index is 1200. The minimum Gasteiger partial charge on any atom is -0.497 e. The normalized spacial score (nSPS) is 17.4. The number of anilines is 1. The molecule has 2 N–H and O–H groups in total. The van der Waals surface area contributed by atoms with Crippen molar-refractivity contribution in [3.63, 3.8) is 0 Å². The van der Waals surface area contributed by atoms with Gasteiger partial charge in [-0.2, -0.15) is 19.6 Å². The number of fused-ring (bicyclic) bond motifs is 1.